The van der Waals surface area contributed by atoms with Gasteiger partial charge in [0.15, 0.2) is 5.65 Å². The van der Waals surface area contributed by atoms with E-state index in [4.69, 9.17) is 11.6 Å². The number of nitrogens with zero attached hydrogens (tertiary/aromatic N) is 4. The minimum atomic E-state index is -2.45. The predicted octanol–water partition coefficient (Wildman–Crippen LogP) is 2.64. The number of fused-ring (bicyclic) bond motifs is 1. The van der Waals surface area contributed by atoms with Gasteiger partial charge in [0.05, 0.1) is 17.6 Å². The molecule has 0 spiro atoms. The minimum Gasteiger partial charge on any atom is -0.306 e. The largest absolute Gasteiger partial charge is 0.306 e. The van der Waals surface area contributed by atoms with E-state index in [2.05, 4.69) is 10.1 Å². The molecule has 1 unspecified atom stereocenters. The molecule has 4 nitrogen and oxygen atoms in total. The van der Waals surface area contributed by atoms with Gasteiger partial charge in [0.25, 0.3) is 6.43 Å². The quantitative estimate of drug-likeness (QED) is 0.797. The standard InChI is InChI=1S/C10H13ClF2N4/c1-5(11)9-14-8-6(2)15-16(3)10(8)17(9)4-7(12)13/h5,7H,4H2,1-3H3. The van der Waals surface area contributed by atoms with Gasteiger partial charge >= 0.3 is 0 Å². The summed E-state index contributed by atoms with van der Waals surface area (Å²) in [5.41, 5.74) is 1.94. The fourth-order valence-corrected chi connectivity index (χ4v) is 2.14. The van der Waals surface area contributed by atoms with Crippen molar-refractivity contribution in [2.24, 2.45) is 7.05 Å². The van der Waals surface area contributed by atoms with Gasteiger partial charge in [0.1, 0.15) is 11.3 Å². The molecule has 2 aromatic heterocycles. The van der Waals surface area contributed by atoms with Crippen molar-refractivity contribution in [3.05, 3.63) is 11.5 Å². The third-order valence-electron chi connectivity index (χ3n) is 2.60. The molecule has 94 valence electrons. The van der Waals surface area contributed by atoms with Gasteiger partial charge in [0.2, 0.25) is 0 Å². The molecular formula is C10H13ClF2N4. The summed E-state index contributed by atoms with van der Waals surface area (Å²) in [6.07, 6.45) is -2.45. The average Bonchev–Trinajstić information content (AvgIpc) is 2.67. The van der Waals surface area contributed by atoms with Crippen LogP contribution in [0.2, 0.25) is 0 Å². The lowest BCUT2D eigenvalue weighted by Gasteiger charge is -2.09. The van der Waals surface area contributed by atoms with Crippen molar-refractivity contribution >= 4 is 22.8 Å². The van der Waals surface area contributed by atoms with Crippen LogP contribution in [0.4, 0.5) is 8.78 Å². The molecule has 0 fully saturated rings. The van der Waals surface area contributed by atoms with Crippen LogP contribution in [0.5, 0.6) is 0 Å². The Morgan fingerprint density at radius 1 is 1.41 bits per heavy atom. The first-order chi connectivity index (χ1) is 7.91. The van der Waals surface area contributed by atoms with Gasteiger partial charge in [-0.1, -0.05) is 0 Å². The van der Waals surface area contributed by atoms with Crippen LogP contribution < -0.4 is 0 Å². The van der Waals surface area contributed by atoms with Crippen LogP contribution >= 0.6 is 11.6 Å². The molecule has 0 aliphatic rings. The summed E-state index contributed by atoms with van der Waals surface area (Å²) in [6, 6.07) is 0. The average molecular weight is 263 g/mol. The Hall–Kier alpha value is -1.17. The predicted molar refractivity (Wildman–Crippen MR) is 61.5 cm³/mol. The molecular weight excluding hydrogens is 250 g/mol. The van der Waals surface area contributed by atoms with Gasteiger partial charge in [-0.15, -0.1) is 11.6 Å². The molecule has 0 radical (unpaired) electrons. The number of rotatable bonds is 3. The Morgan fingerprint density at radius 2 is 2.06 bits per heavy atom. The topological polar surface area (TPSA) is 35.6 Å². The maximum atomic E-state index is 12.6. The highest BCUT2D eigenvalue weighted by Gasteiger charge is 2.21. The first-order valence-electron chi connectivity index (χ1n) is 5.23. The van der Waals surface area contributed by atoms with Gasteiger partial charge in [-0.3, -0.25) is 4.68 Å². The van der Waals surface area contributed by atoms with Crippen LogP contribution in [0, 0.1) is 6.92 Å². The highest BCUT2D eigenvalue weighted by molar-refractivity contribution is 6.20. The fraction of sp³-hybridized carbons (Fsp3) is 0.600. The normalized spacial score (nSPS) is 13.8. The van der Waals surface area contributed by atoms with Crippen molar-refractivity contribution in [2.45, 2.75) is 32.2 Å². The lowest BCUT2D eigenvalue weighted by atomic mass is 10.4. The molecule has 2 heterocycles. The zero-order chi connectivity index (χ0) is 12.7. The van der Waals surface area contributed by atoms with E-state index in [1.807, 2.05) is 0 Å². The van der Waals surface area contributed by atoms with E-state index in [1.165, 1.54) is 4.57 Å². The number of halogens is 3. The molecule has 0 saturated carbocycles. The van der Waals surface area contributed by atoms with E-state index in [1.54, 1.807) is 25.6 Å². The first kappa shape index (κ1) is 12.3. The van der Waals surface area contributed by atoms with E-state index in [0.717, 1.165) is 0 Å². The molecule has 0 saturated heterocycles. The third kappa shape index (κ3) is 2.01. The summed E-state index contributed by atoms with van der Waals surface area (Å²) >= 11 is 5.97. The first-order valence-corrected chi connectivity index (χ1v) is 5.67. The van der Waals surface area contributed by atoms with Crippen LogP contribution in [0.25, 0.3) is 11.2 Å². The maximum Gasteiger partial charge on any atom is 0.256 e. The van der Waals surface area contributed by atoms with Gasteiger partial charge in [-0.25, -0.2) is 13.8 Å². The SMILES string of the molecule is Cc1nn(C)c2c1nc(C(C)Cl)n2CC(F)F. The van der Waals surface area contributed by atoms with Crippen molar-refractivity contribution in [1.29, 1.82) is 0 Å². The highest BCUT2D eigenvalue weighted by atomic mass is 35.5. The number of alkyl halides is 3. The smallest absolute Gasteiger partial charge is 0.256 e. The maximum absolute atomic E-state index is 12.6. The summed E-state index contributed by atoms with van der Waals surface area (Å²) in [4.78, 5) is 4.30. The lowest BCUT2D eigenvalue weighted by Crippen LogP contribution is -2.13. The number of imidazole rings is 1. The van der Waals surface area contributed by atoms with Crippen molar-refractivity contribution in [3.63, 3.8) is 0 Å². The zero-order valence-electron chi connectivity index (χ0n) is 9.78. The number of hydrogen-bond donors (Lipinski definition) is 0. The number of aryl methyl sites for hydroxylation is 2. The van der Waals surface area contributed by atoms with E-state index in [-0.39, 0.29) is 0 Å². The Labute approximate surface area is 102 Å². The molecule has 0 amide bonds. The molecule has 2 aromatic rings. The number of aromatic nitrogens is 4. The second kappa shape index (κ2) is 4.25. The summed E-state index contributed by atoms with van der Waals surface area (Å²) in [6.45, 7) is 3.10. The summed E-state index contributed by atoms with van der Waals surface area (Å²) in [5, 5.41) is 3.75. The van der Waals surface area contributed by atoms with Crippen LogP contribution in [-0.4, -0.2) is 25.8 Å². The Balaban J connectivity index is 2.69. The molecule has 0 bridgehead atoms. The summed E-state index contributed by atoms with van der Waals surface area (Å²) < 4.78 is 28.2. The van der Waals surface area contributed by atoms with E-state index < -0.39 is 18.3 Å². The minimum absolute atomic E-state index is 0.415. The fourth-order valence-electron chi connectivity index (χ4n) is 1.97. The molecule has 0 N–H and O–H groups in total. The van der Waals surface area contributed by atoms with E-state index in [0.29, 0.717) is 22.7 Å². The molecule has 1 atom stereocenters. The highest BCUT2D eigenvalue weighted by Crippen LogP contribution is 2.26. The Kier molecular flexibility index (Phi) is 3.07. The van der Waals surface area contributed by atoms with Gasteiger partial charge in [0, 0.05) is 7.05 Å². The van der Waals surface area contributed by atoms with Crippen LogP contribution in [0.15, 0.2) is 0 Å². The summed E-state index contributed by atoms with van der Waals surface area (Å²) in [5.74, 6) is 0.457. The Morgan fingerprint density at radius 3 is 2.59 bits per heavy atom. The van der Waals surface area contributed by atoms with Crippen molar-refractivity contribution < 1.29 is 8.78 Å². The Bertz CT molecular complexity index is 544. The van der Waals surface area contributed by atoms with Gasteiger partial charge in [-0.2, -0.15) is 5.10 Å². The second-order valence-electron chi connectivity index (χ2n) is 3.97. The summed E-state index contributed by atoms with van der Waals surface area (Å²) in [7, 11) is 1.71. The van der Waals surface area contributed by atoms with Gasteiger partial charge < -0.3 is 4.57 Å². The second-order valence-corrected chi connectivity index (χ2v) is 4.62. The molecule has 7 heteroatoms. The van der Waals surface area contributed by atoms with Crippen molar-refractivity contribution in [2.75, 3.05) is 0 Å². The number of hydrogen-bond acceptors (Lipinski definition) is 2. The van der Waals surface area contributed by atoms with Crippen molar-refractivity contribution in [3.8, 4) is 0 Å². The van der Waals surface area contributed by atoms with Gasteiger partial charge in [-0.05, 0) is 13.8 Å². The van der Waals surface area contributed by atoms with Crippen LogP contribution in [-0.2, 0) is 13.6 Å². The lowest BCUT2D eigenvalue weighted by molar-refractivity contribution is 0.126. The third-order valence-corrected chi connectivity index (χ3v) is 2.79. The molecule has 0 aromatic carbocycles. The van der Waals surface area contributed by atoms with E-state index in [9.17, 15) is 8.78 Å². The molecule has 0 aliphatic heterocycles. The van der Waals surface area contributed by atoms with E-state index >= 15 is 0 Å². The molecule has 17 heavy (non-hydrogen) atoms. The van der Waals surface area contributed by atoms with Crippen LogP contribution in [0.1, 0.15) is 23.8 Å². The van der Waals surface area contributed by atoms with Crippen molar-refractivity contribution in [1.82, 2.24) is 19.3 Å². The molecule has 0 aliphatic carbocycles. The zero-order valence-corrected chi connectivity index (χ0v) is 10.5. The monoisotopic (exact) mass is 262 g/mol. The molecule has 2 rings (SSSR count). The van der Waals surface area contributed by atoms with Crippen LogP contribution in [0.3, 0.4) is 0 Å².